The Bertz CT molecular complexity index is 501. The van der Waals surface area contributed by atoms with Crippen molar-refractivity contribution in [1.82, 2.24) is 4.90 Å². The standard InChI is InChI=1S/C17H28N4.HI/c1-13-5-4-9-21(12-13)10-8-19-17(18)20-16-7-6-14(2)15(3)11-16;/h6-7,11,13H,4-5,8-10,12H2,1-3H3,(H3,18,19,20);1H. The minimum Gasteiger partial charge on any atom is -0.370 e. The molecule has 0 radical (unpaired) electrons. The van der Waals surface area contributed by atoms with E-state index in [9.17, 15) is 0 Å². The Labute approximate surface area is 151 Å². The summed E-state index contributed by atoms with van der Waals surface area (Å²) in [4.78, 5) is 6.92. The zero-order chi connectivity index (χ0) is 15.2. The molecular formula is C17H29IN4. The lowest BCUT2D eigenvalue weighted by Gasteiger charge is -2.30. The molecule has 1 aliphatic rings. The van der Waals surface area contributed by atoms with Crippen LogP contribution in [0.4, 0.5) is 5.69 Å². The highest BCUT2D eigenvalue weighted by molar-refractivity contribution is 14.0. The monoisotopic (exact) mass is 416 g/mol. The fourth-order valence-corrected chi connectivity index (χ4v) is 2.81. The van der Waals surface area contributed by atoms with E-state index >= 15 is 0 Å². The SMILES string of the molecule is Cc1ccc(NC(N)=NCCN2CCCC(C)C2)cc1C.I. The van der Waals surface area contributed by atoms with Crippen LogP contribution in [0.15, 0.2) is 23.2 Å². The van der Waals surface area contributed by atoms with Crippen LogP contribution in [-0.2, 0) is 0 Å². The number of rotatable bonds is 4. The lowest BCUT2D eigenvalue weighted by atomic mass is 10.0. The molecule has 1 unspecified atom stereocenters. The first-order chi connectivity index (χ1) is 10.0. The van der Waals surface area contributed by atoms with Gasteiger partial charge in [-0.05, 0) is 62.4 Å². The molecule has 1 aliphatic heterocycles. The van der Waals surface area contributed by atoms with Crippen LogP contribution in [-0.4, -0.2) is 37.0 Å². The minimum absolute atomic E-state index is 0. The highest BCUT2D eigenvalue weighted by Gasteiger charge is 2.15. The first kappa shape index (κ1) is 19.2. The summed E-state index contributed by atoms with van der Waals surface area (Å²) in [5, 5.41) is 3.17. The van der Waals surface area contributed by atoms with E-state index in [0.29, 0.717) is 5.96 Å². The van der Waals surface area contributed by atoms with Gasteiger partial charge in [0.15, 0.2) is 5.96 Å². The Hall–Kier alpha value is -0.820. The van der Waals surface area contributed by atoms with Crippen molar-refractivity contribution in [3.8, 4) is 0 Å². The molecule has 3 N–H and O–H groups in total. The molecule has 0 bridgehead atoms. The molecule has 1 fully saturated rings. The molecule has 22 heavy (non-hydrogen) atoms. The zero-order valence-corrected chi connectivity index (χ0v) is 16.3. The number of benzene rings is 1. The van der Waals surface area contributed by atoms with Gasteiger partial charge in [-0.25, -0.2) is 0 Å². The van der Waals surface area contributed by atoms with Gasteiger partial charge in [0.25, 0.3) is 0 Å². The number of likely N-dealkylation sites (tertiary alicyclic amines) is 1. The predicted molar refractivity (Wildman–Crippen MR) is 106 cm³/mol. The van der Waals surface area contributed by atoms with Crippen LogP contribution in [0, 0.1) is 19.8 Å². The number of aryl methyl sites for hydroxylation is 2. The maximum atomic E-state index is 5.96. The zero-order valence-electron chi connectivity index (χ0n) is 13.9. The van der Waals surface area contributed by atoms with Crippen molar-refractivity contribution in [1.29, 1.82) is 0 Å². The average Bonchev–Trinajstić information content (AvgIpc) is 2.43. The van der Waals surface area contributed by atoms with E-state index in [1.807, 2.05) is 6.07 Å². The van der Waals surface area contributed by atoms with Gasteiger partial charge in [0, 0.05) is 18.8 Å². The lowest BCUT2D eigenvalue weighted by Crippen LogP contribution is -2.36. The van der Waals surface area contributed by atoms with Gasteiger partial charge >= 0.3 is 0 Å². The van der Waals surface area contributed by atoms with Crippen LogP contribution in [0.25, 0.3) is 0 Å². The number of nitrogens with zero attached hydrogens (tertiary/aromatic N) is 2. The second-order valence-electron chi connectivity index (χ2n) is 6.24. The maximum Gasteiger partial charge on any atom is 0.193 e. The Kier molecular flexibility index (Phi) is 8.17. The molecule has 0 spiro atoms. The molecule has 1 aromatic rings. The van der Waals surface area contributed by atoms with E-state index in [0.717, 1.165) is 24.7 Å². The van der Waals surface area contributed by atoms with Crippen LogP contribution in [0.3, 0.4) is 0 Å². The molecule has 1 atom stereocenters. The van der Waals surface area contributed by atoms with Crippen LogP contribution >= 0.6 is 24.0 Å². The first-order valence-electron chi connectivity index (χ1n) is 7.91. The van der Waals surface area contributed by atoms with Crippen LogP contribution in [0.5, 0.6) is 0 Å². The maximum absolute atomic E-state index is 5.96. The molecule has 124 valence electrons. The molecule has 0 aliphatic carbocycles. The fourth-order valence-electron chi connectivity index (χ4n) is 2.81. The highest BCUT2D eigenvalue weighted by Crippen LogP contribution is 2.15. The number of halogens is 1. The smallest absolute Gasteiger partial charge is 0.193 e. The molecule has 1 saturated heterocycles. The summed E-state index contributed by atoms with van der Waals surface area (Å²) in [5.41, 5.74) is 9.51. The molecule has 4 nitrogen and oxygen atoms in total. The van der Waals surface area contributed by atoms with Crippen molar-refractivity contribution in [2.75, 3.05) is 31.5 Å². The number of guanidine groups is 1. The largest absolute Gasteiger partial charge is 0.370 e. The Morgan fingerprint density at radius 3 is 2.82 bits per heavy atom. The lowest BCUT2D eigenvalue weighted by molar-refractivity contribution is 0.189. The summed E-state index contributed by atoms with van der Waals surface area (Å²) in [6, 6.07) is 6.24. The Morgan fingerprint density at radius 2 is 2.14 bits per heavy atom. The summed E-state index contributed by atoms with van der Waals surface area (Å²) in [7, 11) is 0. The molecule has 5 heteroatoms. The number of anilines is 1. The topological polar surface area (TPSA) is 53.6 Å². The third kappa shape index (κ3) is 6.12. The molecule has 1 heterocycles. The first-order valence-corrected chi connectivity index (χ1v) is 7.91. The van der Waals surface area contributed by atoms with E-state index in [-0.39, 0.29) is 24.0 Å². The Balaban J connectivity index is 0.00000242. The van der Waals surface area contributed by atoms with E-state index in [4.69, 9.17) is 5.73 Å². The van der Waals surface area contributed by atoms with Crippen molar-refractivity contribution in [3.63, 3.8) is 0 Å². The van der Waals surface area contributed by atoms with Crippen molar-refractivity contribution >= 4 is 35.6 Å². The number of nitrogens with one attached hydrogen (secondary N) is 1. The number of hydrogen-bond donors (Lipinski definition) is 2. The van der Waals surface area contributed by atoms with Crippen molar-refractivity contribution < 1.29 is 0 Å². The van der Waals surface area contributed by atoms with Gasteiger partial charge < -0.3 is 16.0 Å². The van der Waals surface area contributed by atoms with Crippen molar-refractivity contribution in [3.05, 3.63) is 29.3 Å². The molecule has 0 saturated carbocycles. The van der Waals surface area contributed by atoms with Crippen LogP contribution < -0.4 is 11.1 Å². The van der Waals surface area contributed by atoms with E-state index < -0.39 is 0 Å². The number of piperidine rings is 1. The summed E-state index contributed by atoms with van der Waals surface area (Å²) < 4.78 is 0. The van der Waals surface area contributed by atoms with Crippen molar-refractivity contribution in [2.45, 2.75) is 33.6 Å². The van der Waals surface area contributed by atoms with E-state index in [1.54, 1.807) is 0 Å². The van der Waals surface area contributed by atoms with Gasteiger partial charge in [0.1, 0.15) is 0 Å². The highest BCUT2D eigenvalue weighted by atomic mass is 127. The number of hydrogen-bond acceptors (Lipinski definition) is 2. The van der Waals surface area contributed by atoms with E-state index in [1.165, 1.54) is 37.1 Å². The quantitative estimate of drug-likeness (QED) is 0.450. The second kappa shape index (κ2) is 9.35. The van der Waals surface area contributed by atoms with Gasteiger partial charge in [-0.2, -0.15) is 0 Å². The summed E-state index contributed by atoms with van der Waals surface area (Å²) >= 11 is 0. The molecule has 2 rings (SSSR count). The van der Waals surface area contributed by atoms with Gasteiger partial charge in [-0.3, -0.25) is 4.99 Å². The number of aliphatic imine (C=N–C) groups is 1. The van der Waals surface area contributed by atoms with Crippen molar-refractivity contribution in [2.24, 2.45) is 16.6 Å². The van der Waals surface area contributed by atoms with Gasteiger partial charge in [-0.1, -0.05) is 13.0 Å². The predicted octanol–water partition coefficient (Wildman–Crippen LogP) is 3.38. The number of nitrogens with two attached hydrogens (primary N) is 1. The van der Waals surface area contributed by atoms with Gasteiger partial charge in [0.2, 0.25) is 0 Å². The molecule has 1 aromatic carbocycles. The average molecular weight is 416 g/mol. The Morgan fingerprint density at radius 1 is 1.36 bits per heavy atom. The summed E-state index contributed by atoms with van der Waals surface area (Å²) in [6.07, 6.45) is 2.66. The minimum atomic E-state index is 0. The van der Waals surface area contributed by atoms with Crippen LogP contribution in [0.2, 0.25) is 0 Å². The third-order valence-electron chi connectivity index (χ3n) is 4.22. The molecule has 0 amide bonds. The van der Waals surface area contributed by atoms with Crippen LogP contribution in [0.1, 0.15) is 30.9 Å². The fraction of sp³-hybridized carbons (Fsp3) is 0.588. The van der Waals surface area contributed by atoms with Gasteiger partial charge in [0.05, 0.1) is 6.54 Å². The normalized spacial score (nSPS) is 19.6. The van der Waals surface area contributed by atoms with E-state index in [2.05, 4.69) is 48.1 Å². The molecule has 0 aromatic heterocycles. The third-order valence-corrected chi connectivity index (χ3v) is 4.22. The summed E-state index contributed by atoms with van der Waals surface area (Å²) in [6.45, 7) is 10.7. The molecular weight excluding hydrogens is 387 g/mol. The summed E-state index contributed by atoms with van der Waals surface area (Å²) in [5.74, 6) is 1.32. The second-order valence-corrected chi connectivity index (χ2v) is 6.24. The van der Waals surface area contributed by atoms with Gasteiger partial charge in [-0.15, -0.1) is 24.0 Å².